The Morgan fingerprint density at radius 3 is 2.92 bits per heavy atom. The molecule has 0 spiro atoms. The summed E-state index contributed by atoms with van der Waals surface area (Å²) in [4.78, 5) is 9.93. The van der Waals surface area contributed by atoms with Gasteiger partial charge >= 0.3 is 5.97 Å². The molecule has 0 saturated heterocycles. The molecule has 0 amide bonds. The predicted octanol–water partition coefficient (Wildman–Crippen LogP) is -0.293. The van der Waals surface area contributed by atoms with Gasteiger partial charge in [0.25, 0.3) is 0 Å². The van der Waals surface area contributed by atoms with Gasteiger partial charge in [-0.25, -0.2) is 4.79 Å². The minimum absolute atomic E-state index is 0.257. The Balaban J connectivity index is 3.56. The van der Waals surface area contributed by atoms with Gasteiger partial charge in [-0.15, -0.1) is 6.58 Å². The largest absolute Gasteiger partial charge is 0.477 e. The highest BCUT2D eigenvalue weighted by Crippen LogP contribution is 1.67. The van der Waals surface area contributed by atoms with E-state index in [0.29, 0.717) is 12.8 Å². The summed E-state index contributed by atoms with van der Waals surface area (Å²) in [5.74, 6) is -1.13. The molecule has 0 rings (SSSR count). The summed E-state index contributed by atoms with van der Waals surface area (Å²) in [5, 5.41) is 14.4. The maximum Gasteiger partial charge on any atom is 0.348 e. The Labute approximate surface area is 75.2 Å². The number of thiocarbonyl (C=S) groups is 1. The average Bonchev–Trinajstić information content (AvgIpc) is 2.00. The molecule has 0 fully saturated rings. The standard InChI is InChI=1S/C6H9N3O2S/c1-2-3-7-6(12)9-8-4-5(10)11/h2,4H,1,3H2,(H,10,11)(H2,7,9,12). The highest BCUT2D eigenvalue weighted by atomic mass is 32.1. The molecule has 0 unspecified atom stereocenters. The van der Waals surface area contributed by atoms with Crippen LogP contribution in [0.1, 0.15) is 0 Å². The van der Waals surface area contributed by atoms with Crippen molar-refractivity contribution < 1.29 is 9.90 Å². The molecule has 0 aromatic rings. The average molecular weight is 187 g/mol. The second-order valence-corrected chi connectivity index (χ2v) is 2.12. The number of carboxylic acids is 1. The van der Waals surface area contributed by atoms with Crippen molar-refractivity contribution in [1.29, 1.82) is 0 Å². The molecular weight excluding hydrogens is 178 g/mol. The van der Waals surface area contributed by atoms with E-state index >= 15 is 0 Å². The van der Waals surface area contributed by atoms with Crippen LogP contribution in [0.25, 0.3) is 0 Å². The predicted molar refractivity (Wildman–Crippen MR) is 50.1 cm³/mol. The van der Waals surface area contributed by atoms with E-state index in [2.05, 4.69) is 22.4 Å². The third kappa shape index (κ3) is 6.69. The highest BCUT2D eigenvalue weighted by molar-refractivity contribution is 7.80. The molecule has 6 heteroatoms. The van der Waals surface area contributed by atoms with E-state index < -0.39 is 5.97 Å². The Kier molecular flexibility index (Phi) is 5.54. The first kappa shape index (κ1) is 10.6. The first-order valence-corrected chi connectivity index (χ1v) is 3.48. The quantitative estimate of drug-likeness (QED) is 0.244. The number of carbonyl (C=O) groups is 1. The van der Waals surface area contributed by atoms with Gasteiger partial charge < -0.3 is 10.4 Å². The van der Waals surface area contributed by atoms with Crippen molar-refractivity contribution in [3.05, 3.63) is 12.7 Å². The molecule has 0 aliphatic carbocycles. The van der Waals surface area contributed by atoms with Crippen LogP contribution in [0.3, 0.4) is 0 Å². The van der Waals surface area contributed by atoms with Gasteiger partial charge in [0.1, 0.15) is 6.21 Å². The van der Waals surface area contributed by atoms with Crippen LogP contribution in [0.2, 0.25) is 0 Å². The number of hydrazone groups is 1. The Morgan fingerprint density at radius 2 is 2.42 bits per heavy atom. The number of rotatable bonds is 4. The third-order valence-electron chi connectivity index (χ3n) is 0.748. The van der Waals surface area contributed by atoms with E-state index in [-0.39, 0.29) is 5.11 Å². The lowest BCUT2D eigenvalue weighted by molar-refractivity contribution is -0.128. The second kappa shape index (κ2) is 6.29. The second-order valence-electron chi connectivity index (χ2n) is 1.71. The van der Waals surface area contributed by atoms with Crippen LogP contribution >= 0.6 is 12.2 Å². The summed E-state index contributed by atoms with van der Waals surface area (Å²) in [6, 6.07) is 0. The normalized spacial score (nSPS) is 9.33. The van der Waals surface area contributed by atoms with Gasteiger partial charge in [-0.2, -0.15) is 5.10 Å². The van der Waals surface area contributed by atoms with Crippen molar-refractivity contribution in [1.82, 2.24) is 10.7 Å². The summed E-state index contributed by atoms with van der Waals surface area (Å²) in [6.07, 6.45) is 2.33. The Hall–Kier alpha value is -1.43. The van der Waals surface area contributed by atoms with E-state index in [0.717, 1.165) is 0 Å². The first-order chi connectivity index (χ1) is 5.66. The van der Waals surface area contributed by atoms with Crippen LogP contribution in [0.4, 0.5) is 0 Å². The van der Waals surface area contributed by atoms with Crippen LogP contribution in [0.5, 0.6) is 0 Å². The fraction of sp³-hybridized carbons (Fsp3) is 0.167. The molecule has 0 atom stereocenters. The monoisotopic (exact) mass is 187 g/mol. The van der Waals surface area contributed by atoms with E-state index in [9.17, 15) is 4.79 Å². The number of nitrogens with zero attached hydrogens (tertiary/aromatic N) is 1. The molecule has 0 aromatic carbocycles. The maximum absolute atomic E-state index is 9.93. The molecule has 0 bridgehead atoms. The van der Waals surface area contributed by atoms with Crippen LogP contribution in [-0.4, -0.2) is 28.9 Å². The summed E-state index contributed by atoms with van der Waals surface area (Å²) < 4.78 is 0. The molecule has 0 saturated carbocycles. The highest BCUT2D eigenvalue weighted by Gasteiger charge is 1.89. The van der Waals surface area contributed by atoms with Crippen molar-refractivity contribution in [2.75, 3.05) is 6.54 Å². The minimum atomic E-state index is -1.13. The van der Waals surface area contributed by atoms with Gasteiger partial charge in [0.15, 0.2) is 5.11 Å². The molecule has 12 heavy (non-hydrogen) atoms. The maximum atomic E-state index is 9.93. The van der Waals surface area contributed by atoms with Crippen molar-refractivity contribution in [3.63, 3.8) is 0 Å². The van der Waals surface area contributed by atoms with E-state index in [1.807, 2.05) is 0 Å². The molecule has 0 aliphatic rings. The van der Waals surface area contributed by atoms with Gasteiger partial charge in [-0.05, 0) is 12.2 Å². The molecule has 3 N–H and O–H groups in total. The lowest BCUT2D eigenvalue weighted by Crippen LogP contribution is -2.32. The van der Waals surface area contributed by atoms with Gasteiger partial charge in [-0.3, -0.25) is 5.43 Å². The third-order valence-corrected chi connectivity index (χ3v) is 0.984. The lowest BCUT2D eigenvalue weighted by Gasteiger charge is -2.01. The van der Waals surface area contributed by atoms with Crippen molar-refractivity contribution in [3.8, 4) is 0 Å². The van der Waals surface area contributed by atoms with Crippen molar-refractivity contribution in [2.45, 2.75) is 0 Å². The fourth-order valence-corrected chi connectivity index (χ4v) is 0.487. The molecule has 66 valence electrons. The van der Waals surface area contributed by atoms with Crippen molar-refractivity contribution in [2.24, 2.45) is 5.10 Å². The van der Waals surface area contributed by atoms with E-state index in [1.165, 1.54) is 0 Å². The van der Waals surface area contributed by atoms with Gasteiger partial charge in [-0.1, -0.05) is 6.08 Å². The number of aliphatic carboxylic acids is 1. The zero-order chi connectivity index (χ0) is 9.40. The van der Waals surface area contributed by atoms with Crippen LogP contribution < -0.4 is 10.7 Å². The smallest absolute Gasteiger partial charge is 0.348 e. The molecule has 0 aromatic heterocycles. The number of hydrogen-bond donors (Lipinski definition) is 3. The van der Waals surface area contributed by atoms with E-state index in [1.54, 1.807) is 6.08 Å². The molecule has 5 nitrogen and oxygen atoms in total. The van der Waals surface area contributed by atoms with Crippen molar-refractivity contribution >= 4 is 29.5 Å². The molecule has 0 aliphatic heterocycles. The fourth-order valence-electron chi connectivity index (χ4n) is 0.351. The minimum Gasteiger partial charge on any atom is -0.477 e. The van der Waals surface area contributed by atoms with Crippen LogP contribution in [-0.2, 0) is 4.79 Å². The number of hydrogen-bond acceptors (Lipinski definition) is 3. The van der Waals surface area contributed by atoms with Gasteiger partial charge in [0, 0.05) is 6.54 Å². The topological polar surface area (TPSA) is 73.7 Å². The summed E-state index contributed by atoms with van der Waals surface area (Å²) in [5.41, 5.74) is 2.31. The van der Waals surface area contributed by atoms with E-state index in [4.69, 9.17) is 17.3 Å². The lowest BCUT2D eigenvalue weighted by atomic mass is 10.6. The summed E-state index contributed by atoms with van der Waals surface area (Å²) >= 11 is 4.69. The molecule has 0 heterocycles. The Bertz CT molecular complexity index is 215. The Morgan fingerprint density at radius 1 is 1.75 bits per heavy atom. The summed E-state index contributed by atoms with van der Waals surface area (Å²) in [6.45, 7) is 3.97. The van der Waals surface area contributed by atoms with Crippen LogP contribution in [0, 0.1) is 0 Å². The van der Waals surface area contributed by atoms with Gasteiger partial charge in [0.05, 0.1) is 0 Å². The zero-order valence-electron chi connectivity index (χ0n) is 6.28. The number of carboxylic acid groups (broad SMARTS) is 1. The first-order valence-electron chi connectivity index (χ1n) is 3.07. The zero-order valence-corrected chi connectivity index (χ0v) is 7.10. The molecular formula is C6H9N3O2S. The van der Waals surface area contributed by atoms with Crippen LogP contribution in [0.15, 0.2) is 17.8 Å². The number of nitrogens with one attached hydrogen (secondary N) is 2. The SMILES string of the molecule is C=CCNC(=S)NN=CC(=O)O. The molecule has 0 radical (unpaired) electrons. The summed E-state index contributed by atoms with van der Waals surface area (Å²) in [7, 11) is 0. The van der Waals surface area contributed by atoms with Gasteiger partial charge in [0.2, 0.25) is 0 Å².